The lowest BCUT2D eigenvalue weighted by Crippen LogP contribution is -2.48. The molecule has 3 aromatic carbocycles. The summed E-state index contributed by atoms with van der Waals surface area (Å²) in [5.74, 6) is 0.376. The average Bonchev–Trinajstić information content (AvgIpc) is 2.86. The zero-order chi connectivity index (χ0) is 23.9. The molecular weight excluding hydrogens is 418 g/mol. The molecule has 4 heteroatoms. The van der Waals surface area contributed by atoms with Gasteiger partial charge in [-0.2, -0.15) is 0 Å². The second-order valence-corrected chi connectivity index (χ2v) is 9.73. The minimum atomic E-state index is 0.310. The van der Waals surface area contributed by atoms with Crippen molar-refractivity contribution in [3.8, 4) is 5.75 Å². The summed E-state index contributed by atoms with van der Waals surface area (Å²) in [6.45, 7) is 12.8. The second kappa shape index (κ2) is 11.5. The molecule has 0 bridgehead atoms. The molecule has 1 fully saturated rings. The summed E-state index contributed by atoms with van der Waals surface area (Å²) in [7, 11) is 0. The lowest BCUT2D eigenvalue weighted by atomic mass is 9.96. The number of benzene rings is 3. The average molecular weight is 458 g/mol. The Morgan fingerprint density at radius 3 is 1.97 bits per heavy atom. The molecule has 0 spiro atoms. The molecule has 0 saturated carbocycles. The minimum Gasteiger partial charge on any atom is -0.506 e. The smallest absolute Gasteiger partial charge is 0.138 e. The van der Waals surface area contributed by atoms with Gasteiger partial charge in [-0.25, -0.2) is 0 Å². The molecule has 1 aliphatic heterocycles. The van der Waals surface area contributed by atoms with Crippen molar-refractivity contribution in [2.24, 2.45) is 0 Å². The van der Waals surface area contributed by atoms with Gasteiger partial charge in [0.15, 0.2) is 0 Å². The Morgan fingerprint density at radius 2 is 1.41 bits per heavy atom. The molecule has 1 saturated heterocycles. The van der Waals surface area contributed by atoms with Crippen LogP contribution >= 0.6 is 0 Å². The van der Waals surface area contributed by atoms with Gasteiger partial charge in [-0.3, -0.25) is 4.90 Å². The largest absolute Gasteiger partial charge is 0.506 e. The molecule has 3 aromatic rings. The van der Waals surface area contributed by atoms with E-state index in [9.17, 15) is 5.11 Å². The van der Waals surface area contributed by atoms with E-state index in [-0.39, 0.29) is 0 Å². The van der Waals surface area contributed by atoms with Crippen LogP contribution in [0.15, 0.2) is 78.9 Å². The first-order valence-electron chi connectivity index (χ1n) is 12.7. The van der Waals surface area contributed by atoms with Crippen LogP contribution in [0.25, 0.3) is 0 Å². The highest BCUT2D eigenvalue weighted by molar-refractivity contribution is 5.59. The van der Waals surface area contributed by atoms with Crippen molar-refractivity contribution in [2.45, 2.75) is 39.3 Å². The molecule has 0 radical (unpaired) electrons. The van der Waals surface area contributed by atoms with Crippen LogP contribution in [-0.2, 0) is 0 Å². The van der Waals surface area contributed by atoms with E-state index in [1.165, 1.54) is 16.7 Å². The standard InChI is InChI=1S/C30H39N3O/c1-24(2)33(28-23-25(3)15-16-29(28)34)18-10-17-31-19-21-32(22-20-31)30(26-11-6-4-7-12-26)27-13-8-5-9-14-27/h4-9,11-16,23-24,30,34H,10,17-22H2,1-3H3. The monoisotopic (exact) mass is 457 g/mol. The van der Waals surface area contributed by atoms with E-state index in [0.29, 0.717) is 17.8 Å². The Kier molecular flexibility index (Phi) is 8.25. The number of phenolic OH excluding ortho intramolecular Hbond substituents is 1. The van der Waals surface area contributed by atoms with Crippen molar-refractivity contribution < 1.29 is 5.11 Å². The zero-order valence-corrected chi connectivity index (χ0v) is 20.9. The Labute approximate surface area is 205 Å². The number of nitrogens with zero attached hydrogens (tertiary/aromatic N) is 3. The van der Waals surface area contributed by atoms with Gasteiger partial charge in [-0.05, 0) is 62.6 Å². The van der Waals surface area contributed by atoms with Crippen LogP contribution in [0.2, 0.25) is 0 Å². The van der Waals surface area contributed by atoms with E-state index in [2.05, 4.69) is 102 Å². The van der Waals surface area contributed by atoms with Gasteiger partial charge >= 0.3 is 0 Å². The number of aryl methyl sites for hydroxylation is 1. The molecule has 1 aliphatic rings. The molecule has 0 aromatic heterocycles. The van der Waals surface area contributed by atoms with E-state index in [0.717, 1.165) is 51.4 Å². The fourth-order valence-electron chi connectivity index (χ4n) is 5.11. The van der Waals surface area contributed by atoms with Crippen molar-refractivity contribution >= 4 is 5.69 Å². The van der Waals surface area contributed by atoms with E-state index >= 15 is 0 Å². The van der Waals surface area contributed by atoms with Crippen LogP contribution in [0.4, 0.5) is 5.69 Å². The quantitative estimate of drug-likeness (QED) is 0.446. The molecule has 0 unspecified atom stereocenters. The molecule has 1 heterocycles. The van der Waals surface area contributed by atoms with E-state index in [1.54, 1.807) is 0 Å². The Morgan fingerprint density at radius 1 is 0.824 bits per heavy atom. The summed E-state index contributed by atoms with van der Waals surface area (Å²) in [5, 5.41) is 10.4. The van der Waals surface area contributed by atoms with Crippen LogP contribution in [-0.4, -0.2) is 60.2 Å². The van der Waals surface area contributed by atoms with E-state index < -0.39 is 0 Å². The van der Waals surface area contributed by atoms with Gasteiger partial charge in [-0.15, -0.1) is 0 Å². The Balaban J connectivity index is 1.34. The fraction of sp³-hybridized carbons (Fsp3) is 0.400. The Bertz CT molecular complexity index is 974. The second-order valence-electron chi connectivity index (χ2n) is 9.73. The molecule has 0 amide bonds. The molecule has 4 rings (SSSR count). The molecular formula is C30H39N3O. The van der Waals surface area contributed by atoms with Gasteiger partial charge in [-0.1, -0.05) is 66.7 Å². The molecule has 0 aliphatic carbocycles. The fourth-order valence-corrected chi connectivity index (χ4v) is 5.11. The van der Waals surface area contributed by atoms with Crippen LogP contribution in [0.5, 0.6) is 5.75 Å². The molecule has 34 heavy (non-hydrogen) atoms. The first-order chi connectivity index (χ1) is 16.5. The summed E-state index contributed by atoms with van der Waals surface area (Å²) >= 11 is 0. The first kappa shape index (κ1) is 24.3. The summed E-state index contributed by atoms with van der Waals surface area (Å²) in [6.07, 6.45) is 1.09. The summed E-state index contributed by atoms with van der Waals surface area (Å²) in [5.41, 5.74) is 4.87. The van der Waals surface area contributed by atoms with Crippen molar-refractivity contribution in [1.82, 2.24) is 9.80 Å². The third-order valence-electron chi connectivity index (χ3n) is 6.94. The van der Waals surface area contributed by atoms with Crippen molar-refractivity contribution in [3.63, 3.8) is 0 Å². The van der Waals surface area contributed by atoms with Gasteiger partial charge in [0.1, 0.15) is 5.75 Å². The highest BCUT2D eigenvalue weighted by Gasteiger charge is 2.26. The SMILES string of the molecule is Cc1ccc(O)c(N(CCCN2CCN(C(c3ccccc3)c3ccccc3)CC2)C(C)C)c1. The lowest BCUT2D eigenvalue weighted by Gasteiger charge is -2.40. The number of rotatable bonds is 9. The normalized spacial score (nSPS) is 15.2. The number of hydrogen-bond acceptors (Lipinski definition) is 4. The molecule has 0 atom stereocenters. The third kappa shape index (κ3) is 5.99. The number of anilines is 1. The van der Waals surface area contributed by atoms with Gasteiger partial charge in [0.25, 0.3) is 0 Å². The lowest BCUT2D eigenvalue weighted by molar-refractivity contribution is 0.109. The van der Waals surface area contributed by atoms with Gasteiger partial charge < -0.3 is 14.9 Å². The van der Waals surface area contributed by atoms with Crippen LogP contribution in [0.3, 0.4) is 0 Å². The predicted molar refractivity (Wildman–Crippen MR) is 143 cm³/mol. The van der Waals surface area contributed by atoms with Crippen LogP contribution < -0.4 is 4.90 Å². The van der Waals surface area contributed by atoms with Crippen molar-refractivity contribution in [3.05, 3.63) is 95.6 Å². The summed E-state index contributed by atoms with van der Waals surface area (Å²) in [6, 6.07) is 28.3. The molecule has 1 N–H and O–H groups in total. The topological polar surface area (TPSA) is 30.0 Å². The minimum absolute atomic E-state index is 0.310. The third-order valence-corrected chi connectivity index (χ3v) is 6.94. The summed E-state index contributed by atoms with van der Waals surface area (Å²) in [4.78, 5) is 7.56. The van der Waals surface area contributed by atoms with E-state index in [4.69, 9.17) is 0 Å². The van der Waals surface area contributed by atoms with Crippen molar-refractivity contribution in [1.29, 1.82) is 0 Å². The zero-order valence-electron chi connectivity index (χ0n) is 20.9. The molecule has 4 nitrogen and oxygen atoms in total. The first-order valence-corrected chi connectivity index (χ1v) is 12.7. The molecule has 180 valence electrons. The number of piperazine rings is 1. The van der Waals surface area contributed by atoms with Gasteiger partial charge in [0.05, 0.1) is 11.7 Å². The predicted octanol–water partition coefficient (Wildman–Crippen LogP) is 5.71. The van der Waals surface area contributed by atoms with Crippen molar-refractivity contribution in [2.75, 3.05) is 44.2 Å². The number of aromatic hydroxyl groups is 1. The van der Waals surface area contributed by atoms with Gasteiger partial charge in [0, 0.05) is 38.8 Å². The van der Waals surface area contributed by atoms with E-state index in [1.807, 2.05) is 12.1 Å². The highest BCUT2D eigenvalue weighted by Crippen LogP contribution is 2.31. The van der Waals surface area contributed by atoms with Crippen LogP contribution in [0.1, 0.15) is 43.0 Å². The maximum Gasteiger partial charge on any atom is 0.138 e. The maximum absolute atomic E-state index is 10.4. The summed E-state index contributed by atoms with van der Waals surface area (Å²) < 4.78 is 0. The highest BCUT2D eigenvalue weighted by atomic mass is 16.3. The number of hydrogen-bond donors (Lipinski definition) is 1. The number of phenols is 1. The Hall–Kier alpha value is -2.82. The maximum atomic E-state index is 10.4. The van der Waals surface area contributed by atoms with Crippen LogP contribution in [0, 0.1) is 6.92 Å². The van der Waals surface area contributed by atoms with Gasteiger partial charge in [0.2, 0.25) is 0 Å².